The maximum Gasteiger partial charge on any atom is 0.494 e. The molecule has 3 saturated heterocycles. The van der Waals surface area contributed by atoms with Gasteiger partial charge in [-0.05, 0) is 128 Å². The first kappa shape index (κ1) is 56.2. The average molecular weight is 1170 g/mol. The molecule has 4 aromatic heterocycles. The molecule has 0 unspecified atom stereocenters. The van der Waals surface area contributed by atoms with Crippen LogP contribution in [0.1, 0.15) is 53.6 Å². The van der Waals surface area contributed by atoms with Gasteiger partial charge in [-0.2, -0.15) is 35.1 Å². The summed E-state index contributed by atoms with van der Waals surface area (Å²) < 4.78 is 162. The van der Waals surface area contributed by atoms with Crippen molar-refractivity contribution in [2.24, 2.45) is 0 Å². The lowest BCUT2D eigenvalue weighted by atomic mass is 9.79. The van der Waals surface area contributed by atoms with Gasteiger partial charge in [0.05, 0.1) is 39.8 Å². The molecular formula is C57H56BF10N13O3. The molecule has 0 spiro atoms. The molecule has 440 valence electrons. The minimum absolute atomic E-state index is 0.237. The Morgan fingerprint density at radius 3 is 1.51 bits per heavy atom. The molecule has 3 aliphatic heterocycles. The summed E-state index contributed by atoms with van der Waals surface area (Å²) in [5.41, 5.74) is 1.41. The molecule has 0 radical (unpaired) electrons. The molecule has 3 fully saturated rings. The molecule has 9 aromatic rings. The molecule has 12 rings (SSSR count). The summed E-state index contributed by atoms with van der Waals surface area (Å²) in [6.07, 6.45) is -6.86. The van der Waals surface area contributed by atoms with E-state index >= 15 is 8.78 Å². The highest BCUT2D eigenvalue weighted by molar-refractivity contribution is 6.62. The number of anilines is 4. The Balaban J connectivity index is 0.000000198. The van der Waals surface area contributed by atoms with Gasteiger partial charge in [0.15, 0.2) is 5.60 Å². The number of nitrogens with one attached hydrogen (secondary N) is 2. The lowest BCUT2D eigenvalue weighted by Crippen LogP contribution is -2.48. The Morgan fingerprint density at radius 1 is 0.607 bits per heavy atom. The van der Waals surface area contributed by atoms with Crippen molar-refractivity contribution in [3.63, 3.8) is 0 Å². The zero-order valence-electron chi connectivity index (χ0n) is 47.5. The standard InChI is InChI=1S/C33H26F7N9O.C24H28BF3N4O2.H2/c34-22-4-8-25(26(35)15-22)31(50,18-49-19-42-45-46-49)32(36,37)29-10-3-21(17-41-29)20-1-5-23(6-2-20)47-11-13-48(14-12-47)24-7-9-27-28(16-24)44-30(43-27)33(38,39)40;1-22(2)23(3,4)34-25(33-22)16-5-7-17(8-6-16)31-11-13-32(14-12-31)18-9-10-19-20(15-18)30-21(29-19)24(26,27)28;/h1-10,15-17,19,50H,11-14,18H2,(H,43,44);5-10,15H,11-14H2,1-4H3,(H,29,30);1H/t31-;;/m0../s1/i;;1+2D. The molecule has 3 aliphatic rings. The van der Waals surface area contributed by atoms with Crippen LogP contribution in [0.4, 0.5) is 66.7 Å². The molecule has 1 atom stereocenters. The third kappa shape index (κ3) is 11.4. The normalized spacial score (nSPS) is 17.5. The van der Waals surface area contributed by atoms with E-state index in [0.717, 1.165) is 83.6 Å². The predicted octanol–water partition coefficient (Wildman–Crippen LogP) is 10.4. The maximum atomic E-state index is 16.1. The van der Waals surface area contributed by atoms with Gasteiger partial charge in [0.1, 0.15) is 23.7 Å². The number of aliphatic hydroxyl groups is 1. The Kier molecular flexibility index (Phi) is 14.5. The number of alkyl halides is 8. The number of rotatable bonds is 11. The van der Waals surface area contributed by atoms with Crippen molar-refractivity contribution >= 4 is 57.4 Å². The Bertz CT molecular complexity index is 3770. The van der Waals surface area contributed by atoms with Crippen molar-refractivity contribution in [3.8, 4) is 11.1 Å². The van der Waals surface area contributed by atoms with Crippen LogP contribution in [0.3, 0.4) is 0 Å². The number of benzene rings is 5. The second-order valence-corrected chi connectivity index (χ2v) is 21.7. The summed E-state index contributed by atoms with van der Waals surface area (Å²) in [5, 5.41) is 21.6. The van der Waals surface area contributed by atoms with Gasteiger partial charge in [-0.15, -0.1) is 5.10 Å². The monoisotopic (exact) mass is 1170 g/mol. The van der Waals surface area contributed by atoms with Gasteiger partial charge in [-0.25, -0.2) is 23.4 Å². The fraction of sp³-hybridized carbons (Fsp3) is 0.333. The van der Waals surface area contributed by atoms with Gasteiger partial charge >= 0.3 is 25.4 Å². The Morgan fingerprint density at radius 2 is 1.07 bits per heavy atom. The minimum atomic E-state index is -4.56. The molecular weight excluding hydrogens is 1120 g/mol. The van der Waals surface area contributed by atoms with E-state index in [1.165, 1.54) is 12.3 Å². The van der Waals surface area contributed by atoms with Crippen molar-refractivity contribution in [1.82, 2.24) is 45.1 Å². The number of aromatic amines is 2. The second kappa shape index (κ2) is 21.7. The lowest BCUT2D eigenvalue weighted by Gasteiger charge is -2.37. The predicted molar refractivity (Wildman–Crippen MR) is 297 cm³/mol. The summed E-state index contributed by atoms with van der Waals surface area (Å²) in [5.74, 6) is -8.57. The number of imidazole rings is 2. The molecule has 0 bridgehead atoms. The van der Waals surface area contributed by atoms with Crippen LogP contribution in [0.25, 0.3) is 33.2 Å². The fourth-order valence-electron chi connectivity index (χ4n) is 10.4. The zero-order valence-corrected chi connectivity index (χ0v) is 45.5. The van der Waals surface area contributed by atoms with Crippen LogP contribution in [0.5, 0.6) is 0 Å². The van der Waals surface area contributed by atoms with Crippen LogP contribution in [-0.2, 0) is 39.7 Å². The molecule has 5 aromatic carbocycles. The van der Waals surface area contributed by atoms with Gasteiger partial charge in [-0.1, -0.05) is 30.3 Å². The van der Waals surface area contributed by atoms with E-state index < -0.39 is 65.0 Å². The quantitative estimate of drug-likeness (QED) is 0.0828. The number of tetrazole rings is 1. The van der Waals surface area contributed by atoms with E-state index in [-0.39, 0.29) is 23.8 Å². The number of nitrogens with zero attached hydrogens (tertiary/aromatic N) is 11. The van der Waals surface area contributed by atoms with Crippen molar-refractivity contribution in [3.05, 3.63) is 162 Å². The number of pyridine rings is 1. The first-order valence-corrected chi connectivity index (χ1v) is 26.7. The van der Waals surface area contributed by atoms with Crippen LogP contribution in [0.2, 0.25) is 0 Å². The number of hydrogen-bond acceptors (Lipinski definition) is 13. The van der Waals surface area contributed by atoms with Gasteiger partial charge in [0.25, 0.3) is 0 Å². The summed E-state index contributed by atoms with van der Waals surface area (Å²) in [6.45, 7) is 12.9. The molecule has 16 nitrogen and oxygen atoms in total. The summed E-state index contributed by atoms with van der Waals surface area (Å²) in [7, 11) is -0.383. The van der Waals surface area contributed by atoms with Gasteiger partial charge < -0.3 is 44.0 Å². The van der Waals surface area contributed by atoms with Crippen molar-refractivity contribution in [1.29, 1.82) is 0 Å². The lowest BCUT2D eigenvalue weighted by molar-refractivity contribution is -0.207. The van der Waals surface area contributed by atoms with Crippen LogP contribution in [0, 0.1) is 11.6 Å². The first-order chi connectivity index (χ1) is 40.7. The Hall–Kier alpha value is -8.30. The number of fused-ring (bicyclic) bond motifs is 2. The van der Waals surface area contributed by atoms with Crippen molar-refractivity contribution in [2.75, 3.05) is 72.0 Å². The number of halogens is 10. The van der Waals surface area contributed by atoms with Crippen LogP contribution in [0.15, 0.2) is 128 Å². The molecule has 84 heavy (non-hydrogen) atoms. The first-order valence-electron chi connectivity index (χ1n) is 27.7. The number of H-pyrrole nitrogens is 2. The largest absolute Gasteiger partial charge is 0.494 e. The van der Waals surface area contributed by atoms with Crippen LogP contribution < -0.4 is 25.1 Å². The molecule has 7 heterocycles. The van der Waals surface area contributed by atoms with Crippen molar-refractivity contribution < 1.29 is 61.3 Å². The average Bonchev–Trinajstić information content (AvgIpc) is 2.85. The van der Waals surface area contributed by atoms with E-state index in [0.29, 0.717) is 59.9 Å². The third-order valence-corrected chi connectivity index (χ3v) is 15.9. The second-order valence-electron chi connectivity index (χ2n) is 21.7. The summed E-state index contributed by atoms with van der Waals surface area (Å²) in [6, 6.07) is 30.2. The molecule has 27 heteroatoms. The number of aromatic nitrogens is 9. The highest BCUT2D eigenvalue weighted by Gasteiger charge is 2.58. The summed E-state index contributed by atoms with van der Waals surface area (Å²) >= 11 is 0. The minimum Gasteiger partial charge on any atom is -0.399 e. The SMILES string of the molecule is CC1(C)OB(c2ccc(N3CCN(c4ccc5nc(C(F)(F)F)[nH]c5c4)CC3)cc2)OC1(C)C.O[C@@](Cn1cnnn1)(c1ccc(F)cc1F)C(F)(F)c1ccc(-c2ccc(N3CCN(c4ccc5nc(C(F)(F)F)[nH]c5c4)CC3)cc2)cn1.[2H][3H]. The summed E-state index contributed by atoms with van der Waals surface area (Å²) in [4.78, 5) is 24.7. The highest BCUT2D eigenvalue weighted by Crippen LogP contribution is 2.47. The Labute approximate surface area is 477 Å². The molecule has 0 amide bonds. The van der Waals surface area contributed by atoms with E-state index in [1.54, 1.807) is 30.3 Å². The van der Waals surface area contributed by atoms with Gasteiger partial charge in [-0.3, -0.25) is 4.98 Å². The van der Waals surface area contributed by atoms with Crippen molar-refractivity contribution in [2.45, 2.75) is 69.3 Å². The molecule has 0 aliphatic carbocycles. The third-order valence-electron chi connectivity index (χ3n) is 15.9. The zero-order chi connectivity index (χ0) is 61.6. The van der Waals surface area contributed by atoms with E-state index in [1.807, 2.05) is 70.2 Å². The molecule has 0 saturated carbocycles. The molecule has 3 N–H and O–H groups in total. The topological polar surface area (TPSA) is 166 Å². The highest BCUT2D eigenvalue weighted by atomic mass is 19.4. The fourth-order valence-corrected chi connectivity index (χ4v) is 10.4. The van der Waals surface area contributed by atoms with Gasteiger partial charge in [0.2, 0.25) is 11.6 Å². The smallest absolute Gasteiger partial charge is 0.399 e. The number of hydrogen-bond donors (Lipinski definition) is 3. The van der Waals surface area contributed by atoms with E-state index in [4.69, 9.17) is 12.3 Å². The maximum absolute atomic E-state index is 16.1. The number of piperazine rings is 2. The van der Waals surface area contributed by atoms with Gasteiger partial charge in [0, 0.05) is 101 Å². The van der Waals surface area contributed by atoms with Crippen LogP contribution in [-0.4, -0.2) is 121 Å². The van der Waals surface area contributed by atoms with Crippen LogP contribution >= 0.6 is 0 Å². The van der Waals surface area contributed by atoms with E-state index in [2.05, 4.69) is 72.2 Å². The van der Waals surface area contributed by atoms with E-state index in [9.17, 15) is 40.2 Å².